The van der Waals surface area contributed by atoms with E-state index in [2.05, 4.69) is 70.4 Å². The lowest BCUT2D eigenvalue weighted by Gasteiger charge is -2.23. The molecule has 0 aromatic heterocycles. The van der Waals surface area contributed by atoms with E-state index < -0.39 is 0 Å². The molecule has 0 saturated heterocycles. The quantitative estimate of drug-likeness (QED) is 0.294. The summed E-state index contributed by atoms with van der Waals surface area (Å²) in [5, 5.41) is 13.3. The molecule has 0 spiro atoms. The smallest absolute Gasteiger partial charge is 0.187 e. The average molecular weight is 362 g/mol. The van der Waals surface area contributed by atoms with Crippen LogP contribution in [-0.2, 0) is 0 Å². The van der Waals surface area contributed by atoms with Crippen LogP contribution in [0.1, 0.15) is 37.7 Å². The van der Waals surface area contributed by atoms with Crippen LogP contribution in [0, 0.1) is 0 Å². The van der Waals surface area contributed by atoms with Crippen molar-refractivity contribution < 1.29 is 0 Å². The highest BCUT2D eigenvalue weighted by Crippen LogP contribution is 2.27. The molecule has 1 fully saturated rings. The van der Waals surface area contributed by atoms with E-state index in [-0.39, 0.29) is 0 Å². The summed E-state index contributed by atoms with van der Waals surface area (Å²) < 4.78 is 0. The van der Waals surface area contributed by atoms with Crippen LogP contribution in [-0.4, -0.2) is 17.4 Å². The van der Waals surface area contributed by atoms with E-state index >= 15 is 0 Å². The number of hydrogen-bond acceptors (Lipinski definition) is 2. The largest absolute Gasteiger partial charge is 0.359 e. The maximum atomic E-state index is 5.41. The average Bonchev–Trinajstić information content (AvgIpc) is 2.68. The molecule has 26 heavy (non-hydrogen) atoms. The predicted octanol–water partition coefficient (Wildman–Crippen LogP) is 5.12. The first kappa shape index (κ1) is 17.0. The molecule has 1 saturated carbocycles. The van der Waals surface area contributed by atoms with Gasteiger partial charge in [0.1, 0.15) is 0 Å². The second-order valence-electron chi connectivity index (χ2n) is 6.91. The Labute approximate surface area is 159 Å². The maximum Gasteiger partial charge on any atom is 0.187 e. The number of rotatable bonds is 3. The fourth-order valence-corrected chi connectivity index (χ4v) is 4.03. The number of hydrogen-bond donors (Lipinski definition) is 2. The molecule has 0 atom stereocenters. The van der Waals surface area contributed by atoms with Gasteiger partial charge < -0.3 is 5.32 Å². The molecule has 3 nitrogen and oxygen atoms in total. The second-order valence-corrected chi connectivity index (χ2v) is 7.32. The van der Waals surface area contributed by atoms with E-state index in [1.807, 2.05) is 6.21 Å². The molecule has 4 rings (SSSR count). The Bertz CT molecular complexity index is 904. The number of benzene rings is 3. The second kappa shape index (κ2) is 7.83. The molecule has 1 aliphatic rings. The van der Waals surface area contributed by atoms with Gasteiger partial charge in [-0.1, -0.05) is 67.8 Å². The zero-order valence-corrected chi connectivity index (χ0v) is 15.6. The minimum absolute atomic E-state index is 0.484. The summed E-state index contributed by atoms with van der Waals surface area (Å²) in [5.74, 6) is 0. The molecule has 1 aliphatic carbocycles. The van der Waals surface area contributed by atoms with Gasteiger partial charge in [0.25, 0.3) is 0 Å². The Balaban J connectivity index is 1.57. The topological polar surface area (TPSA) is 36.4 Å². The van der Waals surface area contributed by atoms with Gasteiger partial charge in [0.15, 0.2) is 5.11 Å². The van der Waals surface area contributed by atoms with Crippen molar-refractivity contribution in [1.82, 2.24) is 10.7 Å². The number of nitrogens with one attached hydrogen (secondary N) is 2. The molecule has 3 aromatic rings. The Morgan fingerprint density at radius 3 is 2.19 bits per heavy atom. The monoisotopic (exact) mass is 361 g/mol. The van der Waals surface area contributed by atoms with Crippen LogP contribution in [0.4, 0.5) is 0 Å². The summed E-state index contributed by atoms with van der Waals surface area (Å²) >= 11 is 5.41. The van der Waals surface area contributed by atoms with Gasteiger partial charge in [-0.25, -0.2) is 0 Å². The highest BCUT2D eigenvalue weighted by molar-refractivity contribution is 7.80. The predicted molar refractivity (Wildman–Crippen MR) is 115 cm³/mol. The van der Waals surface area contributed by atoms with Crippen molar-refractivity contribution in [2.24, 2.45) is 5.10 Å². The summed E-state index contributed by atoms with van der Waals surface area (Å²) in [6, 6.07) is 19.5. The van der Waals surface area contributed by atoms with Crippen molar-refractivity contribution in [3.8, 4) is 0 Å². The SMILES string of the molecule is S=C(N/N=C\c1c2ccccc2cc2ccccc12)NC1CCCCC1. The Hall–Kier alpha value is -2.46. The normalized spacial score (nSPS) is 15.5. The van der Waals surface area contributed by atoms with Crippen LogP contribution in [0.5, 0.6) is 0 Å². The fraction of sp³-hybridized carbons (Fsp3) is 0.273. The summed E-state index contributed by atoms with van der Waals surface area (Å²) in [6.45, 7) is 0. The number of nitrogens with zero attached hydrogens (tertiary/aromatic N) is 1. The van der Waals surface area contributed by atoms with Crippen molar-refractivity contribution in [3.05, 3.63) is 60.2 Å². The van der Waals surface area contributed by atoms with Crippen molar-refractivity contribution in [2.75, 3.05) is 0 Å². The minimum Gasteiger partial charge on any atom is -0.359 e. The lowest BCUT2D eigenvalue weighted by Crippen LogP contribution is -2.40. The maximum absolute atomic E-state index is 5.41. The van der Waals surface area contributed by atoms with E-state index in [9.17, 15) is 0 Å². The van der Waals surface area contributed by atoms with E-state index in [4.69, 9.17) is 12.2 Å². The van der Waals surface area contributed by atoms with Gasteiger partial charge in [-0.2, -0.15) is 5.10 Å². The molecule has 0 unspecified atom stereocenters. The van der Waals surface area contributed by atoms with Crippen LogP contribution in [0.2, 0.25) is 0 Å². The van der Waals surface area contributed by atoms with Crippen LogP contribution in [0.15, 0.2) is 59.7 Å². The van der Waals surface area contributed by atoms with Crippen molar-refractivity contribution >= 4 is 45.1 Å². The highest BCUT2D eigenvalue weighted by Gasteiger charge is 2.13. The number of hydrazone groups is 1. The standard InChI is InChI=1S/C22H23N3S/c26-22(24-18-10-2-1-3-11-18)25-23-15-21-19-12-6-4-8-16(19)14-17-9-5-7-13-20(17)21/h4-9,12-15,18H,1-3,10-11H2,(H2,24,25,26)/b23-15-. The Morgan fingerprint density at radius 1 is 0.923 bits per heavy atom. The van der Waals surface area contributed by atoms with Crippen LogP contribution < -0.4 is 10.7 Å². The molecule has 0 radical (unpaired) electrons. The molecular formula is C22H23N3S. The third-order valence-corrected chi connectivity index (χ3v) is 5.32. The lowest BCUT2D eigenvalue weighted by molar-refractivity contribution is 0.412. The summed E-state index contributed by atoms with van der Waals surface area (Å²) in [4.78, 5) is 0. The molecule has 4 heteroatoms. The molecule has 132 valence electrons. The van der Waals surface area contributed by atoms with Crippen LogP contribution in [0.25, 0.3) is 21.5 Å². The lowest BCUT2D eigenvalue weighted by atomic mass is 9.96. The Morgan fingerprint density at radius 2 is 1.54 bits per heavy atom. The summed E-state index contributed by atoms with van der Waals surface area (Å²) in [6.07, 6.45) is 8.18. The molecule has 0 bridgehead atoms. The molecule has 0 aliphatic heterocycles. The summed E-state index contributed by atoms with van der Waals surface area (Å²) in [5.41, 5.74) is 4.11. The van der Waals surface area contributed by atoms with Gasteiger partial charge in [0, 0.05) is 11.6 Å². The van der Waals surface area contributed by atoms with E-state index in [0.29, 0.717) is 11.2 Å². The molecule has 0 heterocycles. The Kier molecular flexibility index (Phi) is 5.12. The van der Waals surface area contributed by atoms with Gasteiger partial charge in [0.05, 0.1) is 6.21 Å². The van der Waals surface area contributed by atoms with Gasteiger partial charge in [-0.15, -0.1) is 0 Å². The van der Waals surface area contributed by atoms with Gasteiger partial charge in [-0.05, 0) is 52.7 Å². The molecule has 3 aromatic carbocycles. The van der Waals surface area contributed by atoms with Crippen molar-refractivity contribution in [1.29, 1.82) is 0 Å². The van der Waals surface area contributed by atoms with E-state index in [1.165, 1.54) is 53.6 Å². The number of thiocarbonyl (C=S) groups is 1. The van der Waals surface area contributed by atoms with E-state index in [1.54, 1.807) is 0 Å². The van der Waals surface area contributed by atoms with E-state index in [0.717, 1.165) is 5.56 Å². The van der Waals surface area contributed by atoms with Crippen molar-refractivity contribution in [3.63, 3.8) is 0 Å². The minimum atomic E-state index is 0.484. The first-order valence-electron chi connectivity index (χ1n) is 9.31. The summed E-state index contributed by atoms with van der Waals surface area (Å²) in [7, 11) is 0. The molecule has 0 amide bonds. The third kappa shape index (κ3) is 3.70. The van der Waals surface area contributed by atoms with Crippen LogP contribution >= 0.6 is 12.2 Å². The third-order valence-electron chi connectivity index (χ3n) is 5.11. The molecular weight excluding hydrogens is 338 g/mol. The highest BCUT2D eigenvalue weighted by atomic mass is 32.1. The molecule has 2 N–H and O–H groups in total. The zero-order chi connectivity index (χ0) is 17.8. The van der Waals surface area contributed by atoms with Gasteiger partial charge >= 0.3 is 0 Å². The van der Waals surface area contributed by atoms with Crippen LogP contribution in [0.3, 0.4) is 0 Å². The van der Waals surface area contributed by atoms with Crippen molar-refractivity contribution in [2.45, 2.75) is 38.1 Å². The number of fused-ring (bicyclic) bond motifs is 2. The van der Waals surface area contributed by atoms with Gasteiger partial charge in [0.2, 0.25) is 0 Å². The first-order chi connectivity index (χ1) is 12.8. The first-order valence-corrected chi connectivity index (χ1v) is 9.72. The van der Waals surface area contributed by atoms with Gasteiger partial charge in [-0.3, -0.25) is 5.43 Å². The fourth-order valence-electron chi connectivity index (χ4n) is 3.81. The zero-order valence-electron chi connectivity index (χ0n) is 14.7.